The van der Waals surface area contributed by atoms with Crippen LogP contribution in [-0.2, 0) is 29.3 Å². The molecule has 5 rings (SSSR count). The molecule has 1 N–H and O–H groups in total. The Kier molecular flexibility index (Phi) is 10.8. The van der Waals surface area contributed by atoms with E-state index in [2.05, 4.69) is 36.4 Å². The number of aliphatic hydroxyl groups is 1. The molecule has 0 amide bonds. The topological polar surface area (TPSA) is 91.3 Å². The first kappa shape index (κ1) is 32.5. The van der Waals surface area contributed by atoms with Gasteiger partial charge in [0.1, 0.15) is 11.7 Å². The van der Waals surface area contributed by atoms with Gasteiger partial charge in [0.05, 0.1) is 12.7 Å². The van der Waals surface area contributed by atoms with Gasteiger partial charge in [0.25, 0.3) is 6.29 Å². The van der Waals surface area contributed by atoms with Crippen molar-refractivity contribution >= 4 is 23.7 Å². The molecule has 5 atom stereocenters. The second-order valence-electron chi connectivity index (χ2n) is 11.7. The zero-order valence-electron chi connectivity index (χ0n) is 25.5. The van der Waals surface area contributed by atoms with E-state index in [0.29, 0.717) is 36.3 Å². The first-order valence-corrected chi connectivity index (χ1v) is 15.7. The number of fused-ring (bicyclic) bond motifs is 2. The summed E-state index contributed by atoms with van der Waals surface area (Å²) in [5, 5.41) is 11.3. The van der Waals surface area contributed by atoms with Crippen molar-refractivity contribution in [3.63, 3.8) is 0 Å². The number of allylic oxidation sites excluding steroid dienone is 2. The molecule has 1 heterocycles. The summed E-state index contributed by atoms with van der Waals surface area (Å²) >= 11 is 6.48. The van der Waals surface area contributed by atoms with E-state index in [0.717, 1.165) is 16.7 Å². The van der Waals surface area contributed by atoms with Crippen LogP contribution in [0, 0.1) is 11.8 Å². The molecule has 8 heteroatoms. The Bertz CT molecular complexity index is 1390. The number of esters is 1. The number of halogens is 1. The van der Waals surface area contributed by atoms with Crippen molar-refractivity contribution in [2.45, 2.75) is 63.6 Å². The number of aliphatic hydroxyl groups excluding tert-OH is 1. The molecule has 3 aromatic carbocycles. The lowest BCUT2D eigenvalue weighted by molar-refractivity contribution is -0.163. The summed E-state index contributed by atoms with van der Waals surface area (Å²) < 4.78 is 23.8. The lowest BCUT2D eigenvalue weighted by atomic mass is 9.80. The maximum absolute atomic E-state index is 13.1. The molecule has 2 aliphatic rings. The van der Waals surface area contributed by atoms with Crippen molar-refractivity contribution in [3.05, 3.63) is 130 Å². The quantitative estimate of drug-likeness (QED) is 0.163. The SMILES string of the molecule is CC(=O)O[C@@H]1OC(=O)O[C@@H]2C[C@H](C[C@@H]2COC(c2ccccc2)(c2ccccc2)c2ccccc2)C[C@@H](O)/C(Cl)=C\C/C=C\1C. The first-order valence-electron chi connectivity index (χ1n) is 15.3. The second-order valence-corrected chi connectivity index (χ2v) is 12.1. The van der Waals surface area contributed by atoms with Crippen LogP contribution < -0.4 is 0 Å². The molecular formula is C37H39ClO7. The Morgan fingerprint density at radius 3 is 1.96 bits per heavy atom. The molecule has 0 aromatic heterocycles. The molecule has 3 aromatic rings. The van der Waals surface area contributed by atoms with Gasteiger partial charge < -0.3 is 24.1 Å². The van der Waals surface area contributed by atoms with Crippen LogP contribution in [0.15, 0.2) is 114 Å². The van der Waals surface area contributed by atoms with E-state index in [9.17, 15) is 14.7 Å². The van der Waals surface area contributed by atoms with Gasteiger partial charge in [-0.3, -0.25) is 4.79 Å². The van der Waals surface area contributed by atoms with Crippen molar-refractivity contribution in [2.24, 2.45) is 11.8 Å². The molecule has 1 saturated carbocycles. The second kappa shape index (κ2) is 14.9. The van der Waals surface area contributed by atoms with E-state index >= 15 is 0 Å². The molecule has 0 unspecified atom stereocenters. The highest BCUT2D eigenvalue weighted by molar-refractivity contribution is 6.30. The summed E-state index contributed by atoms with van der Waals surface area (Å²) in [7, 11) is 0. The lowest BCUT2D eigenvalue weighted by Gasteiger charge is -2.37. The summed E-state index contributed by atoms with van der Waals surface area (Å²) in [5.41, 5.74) is 2.44. The van der Waals surface area contributed by atoms with Gasteiger partial charge in [0.2, 0.25) is 0 Å². The molecule has 7 nitrogen and oxygen atoms in total. The van der Waals surface area contributed by atoms with Crippen LogP contribution in [0.2, 0.25) is 0 Å². The number of carbonyl (C=O) groups is 2. The molecule has 0 saturated heterocycles. The summed E-state index contributed by atoms with van der Waals surface area (Å²) in [4.78, 5) is 24.9. The van der Waals surface area contributed by atoms with Gasteiger partial charge in [0.15, 0.2) is 0 Å². The number of rotatable bonds is 7. The Labute approximate surface area is 269 Å². The van der Waals surface area contributed by atoms with Crippen LogP contribution in [0.1, 0.15) is 56.2 Å². The zero-order valence-corrected chi connectivity index (χ0v) is 26.3. The van der Waals surface area contributed by atoms with Gasteiger partial charge in [-0.05, 0) is 55.2 Å². The van der Waals surface area contributed by atoms with E-state index in [1.807, 2.05) is 54.6 Å². The van der Waals surface area contributed by atoms with E-state index in [-0.39, 0.29) is 18.4 Å². The Morgan fingerprint density at radius 1 is 0.867 bits per heavy atom. The van der Waals surface area contributed by atoms with Crippen molar-refractivity contribution in [2.75, 3.05) is 6.61 Å². The van der Waals surface area contributed by atoms with Crippen molar-refractivity contribution in [1.82, 2.24) is 0 Å². The van der Waals surface area contributed by atoms with E-state index < -0.39 is 36.2 Å². The largest absolute Gasteiger partial charge is 0.511 e. The number of benzene rings is 3. The van der Waals surface area contributed by atoms with Crippen LogP contribution in [0.4, 0.5) is 4.79 Å². The van der Waals surface area contributed by atoms with E-state index in [1.165, 1.54) is 6.92 Å². The van der Waals surface area contributed by atoms with Gasteiger partial charge in [0, 0.05) is 23.4 Å². The normalized spacial score (nSPS) is 26.7. The van der Waals surface area contributed by atoms with Gasteiger partial charge in [-0.25, -0.2) is 4.79 Å². The molecule has 1 fully saturated rings. The zero-order chi connectivity index (χ0) is 31.8. The highest BCUT2D eigenvalue weighted by atomic mass is 35.5. The number of ether oxygens (including phenoxy) is 4. The number of cyclic esters (lactones) is 1. The lowest BCUT2D eigenvalue weighted by Crippen LogP contribution is -2.37. The molecule has 236 valence electrons. The molecular weight excluding hydrogens is 592 g/mol. The Morgan fingerprint density at radius 2 is 1.42 bits per heavy atom. The number of carbonyl (C=O) groups excluding carboxylic acids is 2. The minimum absolute atomic E-state index is 0.0117. The van der Waals surface area contributed by atoms with Gasteiger partial charge in [-0.1, -0.05) is 115 Å². The third-order valence-corrected chi connectivity index (χ3v) is 8.91. The summed E-state index contributed by atoms with van der Waals surface area (Å²) in [5.74, 6) is -0.809. The van der Waals surface area contributed by atoms with Crippen LogP contribution in [-0.4, -0.2) is 42.3 Å². The highest BCUT2D eigenvalue weighted by Crippen LogP contribution is 2.44. The van der Waals surface area contributed by atoms with Gasteiger partial charge in [-0.15, -0.1) is 0 Å². The minimum Gasteiger partial charge on any atom is -0.430 e. The van der Waals surface area contributed by atoms with Crippen LogP contribution in [0.5, 0.6) is 0 Å². The number of hydrogen-bond acceptors (Lipinski definition) is 7. The van der Waals surface area contributed by atoms with Crippen molar-refractivity contribution in [3.8, 4) is 0 Å². The van der Waals surface area contributed by atoms with Gasteiger partial charge in [-0.2, -0.15) is 0 Å². The molecule has 1 aliphatic carbocycles. The fourth-order valence-corrected chi connectivity index (χ4v) is 6.51. The maximum Gasteiger partial charge on any atom is 0.511 e. The molecule has 45 heavy (non-hydrogen) atoms. The first-order chi connectivity index (χ1) is 21.8. The molecule has 0 radical (unpaired) electrons. The third kappa shape index (κ3) is 7.85. The Hall–Kier alpha value is -3.91. The summed E-state index contributed by atoms with van der Waals surface area (Å²) in [6.07, 6.45) is 1.74. The highest BCUT2D eigenvalue weighted by Gasteiger charge is 2.43. The Balaban J connectivity index is 1.48. The fraction of sp³-hybridized carbons (Fsp3) is 0.351. The standard InChI is InChI=1S/C37H39ClO7/c1-25-13-12-20-32(38)33(40)22-27-21-28(34(23-27)44-36(41)45-35(25)43-26(2)39)24-42-37(29-14-6-3-7-15-29,30-16-8-4-9-17-30)31-18-10-5-11-19-31/h3-11,13-20,27-28,33-35,40H,12,21-24H2,1-2H3/b25-13-,32-20+/t27-,28-,33-,34-,35-/m1/s1. The maximum atomic E-state index is 13.1. The fourth-order valence-electron chi connectivity index (χ4n) is 6.33. The minimum atomic E-state index is -1.25. The molecule has 1 aliphatic heterocycles. The third-order valence-electron chi connectivity index (χ3n) is 8.51. The van der Waals surface area contributed by atoms with Crippen LogP contribution >= 0.6 is 11.6 Å². The van der Waals surface area contributed by atoms with E-state index in [4.69, 9.17) is 30.5 Å². The summed E-state index contributed by atoms with van der Waals surface area (Å²) in [6, 6.07) is 30.2. The van der Waals surface area contributed by atoms with E-state index in [1.54, 1.807) is 19.1 Å². The van der Waals surface area contributed by atoms with Crippen LogP contribution in [0.3, 0.4) is 0 Å². The van der Waals surface area contributed by atoms with Crippen LogP contribution in [0.25, 0.3) is 0 Å². The predicted octanol–water partition coefficient (Wildman–Crippen LogP) is 7.66. The summed E-state index contributed by atoms with van der Waals surface area (Å²) in [6.45, 7) is 3.18. The smallest absolute Gasteiger partial charge is 0.430 e. The van der Waals surface area contributed by atoms with Crippen molar-refractivity contribution in [1.29, 1.82) is 0 Å². The molecule has 0 spiro atoms. The number of hydrogen-bond donors (Lipinski definition) is 1. The van der Waals surface area contributed by atoms with Crippen molar-refractivity contribution < 1.29 is 33.6 Å². The van der Waals surface area contributed by atoms with Gasteiger partial charge >= 0.3 is 12.1 Å². The molecule has 2 bridgehead atoms. The average Bonchev–Trinajstić information content (AvgIpc) is 3.42. The predicted molar refractivity (Wildman–Crippen MR) is 171 cm³/mol. The monoisotopic (exact) mass is 630 g/mol. The average molecular weight is 631 g/mol.